The van der Waals surface area contributed by atoms with Gasteiger partial charge in [-0.3, -0.25) is 14.4 Å². The first-order valence-corrected chi connectivity index (χ1v) is 9.45. The summed E-state index contributed by atoms with van der Waals surface area (Å²) in [7, 11) is 0. The predicted octanol–water partition coefficient (Wildman–Crippen LogP) is 3.78. The molecular formula is C20H17ClFN3O4. The standard InChI is InChI=1S/C20H17ClFN3O4/c1-3-11(12-6-7-13(21)29-12)24-16-17(19(27)18(16)26)25-15-10(22)5-4-9-8(2)23-20(28)14(9)15/h4-8,11,24-25H,3H2,1-2H3,(H,23,28)/t8?,11-/m1/s1. The highest BCUT2D eigenvalue weighted by atomic mass is 35.5. The van der Waals surface area contributed by atoms with Gasteiger partial charge in [-0.15, -0.1) is 0 Å². The number of halogens is 2. The van der Waals surface area contributed by atoms with Gasteiger partial charge in [-0.1, -0.05) is 13.0 Å². The summed E-state index contributed by atoms with van der Waals surface area (Å²) >= 11 is 5.81. The van der Waals surface area contributed by atoms with Crippen LogP contribution < -0.4 is 26.8 Å². The van der Waals surface area contributed by atoms with E-state index >= 15 is 0 Å². The lowest BCUT2D eigenvalue weighted by atomic mass is 10.0. The number of furan rings is 1. The molecule has 1 amide bonds. The van der Waals surface area contributed by atoms with Crippen molar-refractivity contribution in [3.8, 4) is 0 Å². The molecule has 2 atom stereocenters. The Hall–Kier alpha value is -3.13. The highest BCUT2D eigenvalue weighted by molar-refractivity contribution is 6.28. The Balaban J connectivity index is 1.69. The SMILES string of the molecule is CC[C@@H](Nc1c(Nc2c(F)ccc3c2C(=O)NC3C)c(=O)c1=O)c1ccc(Cl)o1. The quantitative estimate of drug-likeness (QED) is 0.528. The molecule has 1 aliphatic rings. The van der Waals surface area contributed by atoms with Crippen molar-refractivity contribution in [1.29, 1.82) is 0 Å². The highest BCUT2D eigenvalue weighted by Gasteiger charge is 2.32. The smallest absolute Gasteiger partial charge is 0.254 e. The molecule has 0 saturated heterocycles. The zero-order chi connectivity index (χ0) is 20.9. The largest absolute Gasteiger partial charge is 0.448 e. The fourth-order valence-electron chi connectivity index (χ4n) is 3.51. The van der Waals surface area contributed by atoms with Crippen molar-refractivity contribution in [1.82, 2.24) is 5.32 Å². The van der Waals surface area contributed by atoms with Gasteiger partial charge in [0.1, 0.15) is 23.0 Å². The Morgan fingerprint density at radius 1 is 1.14 bits per heavy atom. The number of nitrogens with one attached hydrogen (secondary N) is 3. The molecule has 1 unspecified atom stereocenters. The number of anilines is 3. The van der Waals surface area contributed by atoms with Crippen LogP contribution in [0.5, 0.6) is 0 Å². The van der Waals surface area contributed by atoms with Gasteiger partial charge < -0.3 is 20.4 Å². The van der Waals surface area contributed by atoms with Crippen molar-refractivity contribution in [3.63, 3.8) is 0 Å². The molecule has 150 valence electrons. The third kappa shape index (κ3) is 3.09. The van der Waals surface area contributed by atoms with Crippen LogP contribution in [0, 0.1) is 5.82 Å². The minimum atomic E-state index is -0.789. The summed E-state index contributed by atoms with van der Waals surface area (Å²) in [5, 5.41) is 8.53. The fraction of sp³-hybridized carbons (Fsp3) is 0.250. The van der Waals surface area contributed by atoms with E-state index in [2.05, 4.69) is 16.0 Å². The number of rotatable bonds is 6. The number of hydrogen-bond donors (Lipinski definition) is 3. The maximum atomic E-state index is 14.5. The van der Waals surface area contributed by atoms with Gasteiger partial charge in [0.2, 0.25) is 0 Å². The minimum absolute atomic E-state index is 0.0119. The average molecular weight is 418 g/mol. The van der Waals surface area contributed by atoms with Crippen molar-refractivity contribution in [2.45, 2.75) is 32.4 Å². The molecule has 0 fully saturated rings. The maximum absolute atomic E-state index is 14.5. The Labute approximate surface area is 169 Å². The molecule has 3 N–H and O–H groups in total. The average Bonchev–Trinajstić information content (AvgIpc) is 3.25. The maximum Gasteiger partial charge on any atom is 0.254 e. The molecule has 29 heavy (non-hydrogen) atoms. The topological polar surface area (TPSA) is 100 Å². The van der Waals surface area contributed by atoms with E-state index in [1.807, 2.05) is 6.92 Å². The number of carbonyl (C=O) groups excluding carboxylic acids is 1. The van der Waals surface area contributed by atoms with Crippen LogP contribution in [0.3, 0.4) is 0 Å². The van der Waals surface area contributed by atoms with E-state index in [-0.39, 0.29) is 33.9 Å². The van der Waals surface area contributed by atoms with Crippen molar-refractivity contribution < 1.29 is 13.6 Å². The molecule has 3 aromatic rings. The Morgan fingerprint density at radius 2 is 1.86 bits per heavy atom. The van der Waals surface area contributed by atoms with E-state index in [1.54, 1.807) is 19.1 Å². The van der Waals surface area contributed by atoms with Crippen LogP contribution in [0.15, 0.2) is 38.3 Å². The summed E-state index contributed by atoms with van der Waals surface area (Å²) in [6, 6.07) is 5.28. The van der Waals surface area contributed by atoms with Crippen molar-refractivity contribution in [2.75, 3.05) is 10.6 Å². The number of amides is 1. The molecule has 0 saturated carbocycles. The van der Waals surface area contributed by atoms with Crippen LogP contribution in [-0.2, 0) is 0 Å². The molecule has 0 aliphatic carbocycles. The van der Waals surface area contributed by atoms with Gasteiger partial charge in [0, 0.05) is 0 Å². The van der Waals surface area contributed by atoms with E-state index < -0.39 is 28.6 Å². The first-order chi connectivity index (χ1) is 13.8. The lowest BCUT2D eigenvalue weighted by Crippen LogP contribution is -2.37. The second kappa shape index (κ2) is 7.04. The fourth-order valence-corrected chi connectivity index (χ4v) is 3.66. The molecule has 1 aromatic heterocycles. The number of hydrogen-bond acceptors (Lipinski definition) is 6. The summed E-state index contributed by atoms with van der Waals surface area (Å²) in [5.41, 5.74) is -0.986. The molecule has 0 bridgehead atoms. The zero-order valence-corrected chi connectivity index (χ0v) is 16.3. The molecule has 0 spiro atoms. The second-order valence-electron chi connectivity index (χ2n) is 6.86. The van der Waals surface area contributed by atoms with Gasteiger partial charge >= 0.3 is 0 Å². The molecule has 1 aliphatic heterocycles. The highest BCUT2D eigenvalue weighted by Crippen LogP contribution is 2.36. The summed E-state index contributed by atoms with van der Waals surface area (Å²) in [6.45, 7) is 3.64. The first-order valence-electron chi connectivity index (χ1n) is 9.07. The van der Waals surface area contributed by atoms with Crippen LogP contribution >= 0.6 is 11.6 Å². The van der Waals surface area contributed by atoms with Crippen LogP contribution in [0.1, 0.15) is 54.0 Å². The number of fused-ring (bicyclic) bond motifs is 1. The van der Waals surface area contributed by atoms with Gasteiger partial charge in [0.05, 0.1) is 23.3 Å². The van der Waals surface area contributed by atoms with Gasteiger partial charge in [-0.05, 0) is 48.7 Å². The van der Waals surface area contributed by atoms with Crippen LogP contribution in [0.2, 0.25) is 5.22 Å². The first kappa shape index (κ1) is 19.2. The van der Waals surface area contributed by atoms with Crippen molar-refractivity contribution >= 4 is 34.6 Å². The van der Waals surface area contributed by atoms with Crippen molar-refractivity contribution in [3.05, 3.63) is 72.6 Å². The van der Waals surface area contributed by atoms with Gasteiger partial charge in [-0.25, -0.2) is 4.39 Å². The summed E-state index contributed by atoms with van der Waals surface area (Å²) in [4.78, 5) is 36.6. The number of benzene rings is 1. The second-order valence-corrected chi connectivity index (χ2v) is 7.23. The van der Waals surface area contributed by atoms with Crippen LogP contribution in [-0.4, -0.2) is 5.91 Å². The molecule has 7 nitrogen and oxygen atoms in total. The summed E-state index contributed by atoms with van der Waals surface area (Å²) < 4.78 is 19.9. The minimum Gasteiger partial charge on any atom is -0.448 e. The van der Waals surface area contributed by atoms with Gasteiger partial charge in [0.15, 0.2) is 5.22 Å². The molecule has 4 rings (SSSR count). The lowest BCUT2D eigenvalue weighted by Gasteiger charge is -2.21. The third-order valence-corrected chi connectivity index (χ3v) is 5.26. The summed E-state index contributed by atoms with van der Waals surface area (Å²) in [5.74, 6) is -0.646. The van der Waals surface area contributed by atoms with E-state index in [0.717, 1.165) is 0 Å². The van der Waals surface area contributed by atoms with E-state index in [0.29, 0.717) is 17.7 Å². The lowest BCUT2D eigenvalue weighted by molar-refractivity contribution is 0.0959. The predicted molar refractivity (Wildman–Crippen MR) is 107 cm³/mol. The molecule has 2 aromatic carbocycles. The molecule has 9 heteroatoms. The zero-order valence-electron chi connectivity index (χ0n) is 15.6. The Morgan fingerprint density at radius 3 is 2.52 bits per heavy atom. The Kier molecular flexibility index (Phi) is 4.66. The van der Waals surface area contributed by atoms with Crippen LogP contribution in [0.25, 0.3) is 0 Å². The van der Waals surface area contributed by atoms with E-state index in [4.69, 9.17) is 16.0 Å². The third-order valence-electron chi connectivity index (χ3n) is 5.05. The number of carbonyl (C=O) groups is 1. The van der Waals surface area contributed by atoms with Gasteiger partial charge in [0.25, 0.3) is 16.8 Å². The Bertz CT molecular complexity index is 1200. The normalized spacial score (nSPS) is 16.6. The van der Waals surface area contributed by atoms with E-state index in [9.17, 15) is 18.8 Å². The van der Waals surface area contributed by atoms with Gasteiger partial charge in [-0.2, -0.15) is 0 Å². The summed E-state index contributed by atoms with van der Waals surface area (Å²) in [6.07, 6.45) is 0.539. The van der Waals surface area contributed by atoms with Crippen LogP contribution in [0.4, 0.5) is 21.5 Å². The van der Waals surface area contributed by atoms with E-state index in [1.165, 1.54) is 12.1 Å². The molecule has 0 radical (unpaired) electrons. The molecular weight excluding hydrogens is 401 g/mol. The monoisotopic (exact) mass is 417 g/mol. The molecule has 2 heterocycles. The van der Waals surface area contributed by atoms with Crippen molar-refractivity contribution in [2.24, 2.45) is 0 Å².